The topological polar surface area (TPSA) is 36.4 Å². The molecular formula is C16H20N2O. The number of rotatable bonds is 3. The first-order valence-electron chi connectivity index (χ1n) is 6.44. The monoisotopic (exact) mass is 256 g/mol. The highest BCUT2D eigenvalue weighted by Gasteiger charge is 2.09. The summed E-state index contributed by atoms with van der Waals surface area (Å²) in [6, 6.07) is 10.2. The highest BCUT2D eigenvalue weighted by atomic mass is 16.3. The van der Waals surface area contributed by atoms with Crippen LogP contribution in [0, 0.1) is 13.8 Å². The fourth-order valence-electron chi connectivity index (χ4n) is 2.15. The van der Waals surface area contributed by atoms with E-state index in [1.807, 2.05) is 19.2 Å². The van der Waals surface area contributed by atoms with Gasteiger partial charge in [-0.2, -0.15) is 0 Å². The van der Waals surface area contributed by atoms with Gasteiger partial charge in [0.25, 0.3) is 0 Å². The number of hydrogen-bond acceptors (Lipinski definition) is 3. The lowest BCUT2D eigenvalue weighted by molar-refractivity contribution is 0.199. The molecule has 1 atom stereocenters. The van der Waals surface area contributed by atoms with E-state index >= 15 is 0 Å². The highest BCUT2D eigenvalue weighted by molar-refractivity contribution is 5.63. The number of aryl methyl sites for hydroxylation is 2. The molecule has 2 rings (SSSR count). The van der Waals surface area contributed by atoms with Crippen molar-refractivity contribution in [1.29, 1.82) is 0 Å². The smallest absolute Gasteiger partial charge is 0.132 e. The zero-order valence-corrected chi connectivity index (χ0v) is 11.9. The second-order valence-electron chi connectivity index (χ2n) is 4.97. The number of hydrogen-bond donors (Lipinski definition) is 1. The van der Waals surface area contributed by atoms with E-state index in [4.69, 9.17) is 0 Å². The zero-order chi connectivity index (χ0) is 14.0. The predicted octanol–water partition coefficient (Wildman–Crippen LogP) is 3.52. The Morgan fingerprint density at radius 3 is 2.42 bits per heavy atom. The maximum absolute atomic E-state index is 9.49. The fourth-order valence-corrected chi connectivity index (χ4v) is 2.15. The van der Waals surface area contributed by atoms with Crippen LogP contribution in [0.2, 0.25) is 0 Å². The second-order valence-corrected chi connectivity index (χ2v) is 4.97. The summed E-state index contributed by atoms with van der Waals surface area (Å²) in [4.78, 5) is 6.46. The summed E-state index contributed by atoms with van der Waals surface area (Å²) in [5, 5.41) is 9.49. The van der Waals surface area contributed by atoms with Gasteiger partial charge in [0, 0.05) is 18.9 Å². The van der Waals surface area contributed by atoms with E-state index in [-0.39, 0.29) is 0 Å². The molecule has 1 aromatic carbocycles. The normalized spacial score (nSPS) is 12.3. The minimum atomic E-state index is -0.479. The lowest BCUT2D eigenvalue weighted by Gasteiger charge is -2.21. The SMILES string of the molecule is Cc1ccc(N(C)c2ccc([C@H](C)O)cn2)c(C)c1. The standard InChI is InChI=1S/C16H20N2O/c1-11-5-7-15(12(2)9-11)18(4)16-8-6-14(10-17-16)13(3)19/h5-10,13,19H,1-4H3/t13-/m0/s1. The predicted molar refractivity (Wildman–Crippen MR) is 78.8 cm³/mol. The molecule has 0 saturated heterocycles. The Hall–Kier alpha value is -1.87. The molecule has 0 spiro atoms. The molecule has 19 heavy (non-hydrogen) atoms. The number of aliphatic hydroxyl groups excluding tert-OH is 1. The third-order valence-corrected chi connectivity index (χ3v) is 3.31. The number of pyridine rings is 1. The Morgan fingerprint density at radius 2 is 1.89 bits per heavy atom. The minimum absolute atomic E-state index is 0.479. The number of anilines is 2. The molecular weight excluding hydrogens is 236 g/mol. The van der Waals surface area contributed by atoms with Crippen molar-refractivity contribution in [3.8, 4) is 0 Å². The Kier molecular flexibility index (Phi) is 3.86. The first kappa shape index (κ1) is 13.6. The molecule has 0 fully saturated rings. The third kappa shape index (κ3) is 2.93. The first-order chi connectivity index (χ1) is 8.99. The zero-order valence-electron chi connectivity index (χ0n) is 11.9. The molecule has 3 nitrogen and oxygen atoms in total. The van der Waals surface area contributed by atoms with Crippen molar-refractivity contribution in [3.63, 3.8) is 0 Å². The van der Waals surface area contributed by atoms with Crippen LogP contribution in [0.1, 0.15) is 29.7 Å². The molecule has 3 heteroatoms. The van der Waals surface area contributed by atoms with Crippen LogP contribution >= 0.6 is 0 Å². The molecule has 0 aliphatic rings. The molecule has 0 amide bonds. The van der Waals surface area contributed by atoms with Crippen LogP contribution < -0.4 is 4.90 Å². The Bertz CT molecular complexity index is 561. The van der Waals surface area contributed by atoms with Gasteiger partial charge in [-0.05, 0) is 44.0 Å². The second kappa shape index (κ2) is 5.41. The number of benzene rings is 1. The highest BCUT2D eigenvalue weighted by Crippen LogP contribution is 2.26. The van der Waals surface area contributed by atoms with Crippen LogP contribution in [-0.4, -0.2) is 17.1 Å². The quantitative estimate of drug-likeness (QED) is 0.912. The van der Waals surface area contributed by atoms with Crippen molar-refractivity contribution < 1.29 is 5.11 Å². The molecule has 100 valence electrons. The van der Waals surface area contributed by atoms with Crippen LogP contribution in [0.5, 0.6) is 0 Å². The van der Waals surface area contributed by atoms with E-state index < -0.39 is 6.10 Å². The average molecular weight is 256 g/mol. The van der Waals surface area contributed by atoms with Crippen LogP contribution in [0.15, 0.2) is 36.5 Å². The van der Waals surface area contributed by atoms with Crippen molar-refractivity contribution in [3.05, 3.63) is 53.2 Å². The van der Waals surface area contributed by atoms with Gasteiger partial charge in [0.05, 0.1) is 6.10 Å². The van der Waals surface area contributed by atoms with Crippen molar-refractivity contribution >= 4 is 11.5 Å². The molecule has 1 aromatic heterocycles. The van der Waals surface area contributed by atoms with Gasteiger partial charge in [-0.1, -0.05) is 23.8 Å². The van der Waals surface area contributed by atoms with Gasteiger partial charge in [-0.25, -0.2) is 4.98 Å². The summed E-state index contributed by atoms with van der Waals surface area (Å²) >= 11 is 0. The fraction of sp³-hybridized carbons (Fsp3) is 0.312. The Morgan fingerprint density at radius 1 is 1.16 bits per heavy atom. The summed E-state index contributed by atoms with van der Waals surface area (Å²) in [6.07, 6.45) is 1.24. The summed E-state index contributed by atoms with van der Waals surface area (Å²) in [7, 11) is 2.00. The molecule has 1 N–H and O–H groups in total. The van der Waals surface area contributed by atoms with Crippen LogP contribution in [-0.2, 0) is 0 Å². The van der Waals surface area contributed by atoms with Crippen LogP contribution in [0.25, 0.3) is 0 Å². The van der Waals surface area contributed by atoms with Crippen molar-refractivity contribution in [2.24, 2.45) is 0 Å². The summed E-state index contributed by atoms with van der Waals surface area (Å²) in [6.45, 7) is 5.93. The van der Waals surface area contributed by atoms with Crippen molar-refractivity contribution in [2.75, 3.05) is 11.9 Å². The number of nitrogens with zero attached hydrogens (tertiary/aromatic N) is 2. The molecule has 2 aromatic rings. The van der Waals surface area contributed by atoms with Crippen molar-refractivity contribution in [2.45, 2.75) is 26.9 Å². The van der Waals surface area contributed by atoms with E-state index in [0.29, 0.717) is 0 Å². The maximum atomic E-state index is 9.49. The number of aliphatic hydroxyl groups is 1. The van der Waals surface area contributed by atoms with Gasteiger partial charge in [0.2, 0.25) is 0 Å². The van der Waals surface area contributed by atoms with Gasteiger partial charge < -0.3 is 10.0 Å². The summed E-state index contributed by atoms with van der Waals surface area (Å²) < 4.78 is 0. The summed E-state index contributed by atoms with van der Waals surface area (Å²) in [5.74, 6) is 0.872. The van der Waals surface area contributed by atoms with E-state index in [2.05, 4.69) is 41.9 Å². The van der Waals surface area contributed by atoms with Crippen LogP contribution in [0.4, 0.5) is 11.5 Å². The molecule has 0 radical (unpaired) electrons. The van der Waals surface area contributed by atoms with E-state index in [0.717, 1.165) is 17.1 Å². The first-order valence-corrected chi connectivity index (χ1v) is 6.44. The lowest BCUT2D eigenvalue weighted by Crippen LogP contribution is -2.12. The molecule has 0 bridgehead atoms. The Balaban J connectivity index is 2.30. The van der Waals surface area contributed by atoms with Gasteiger partial charge in [0.1, 0.15) is 5.82 Å². The Labute approximate surface area is 114 Å². The molecule has 1 heterocycles. The van der Waals surface area contributed by atoms with E-state index in [1.165, 1.54) is 11.1 Å². The molecule has 0 aliphatic carbocycles. The van der Waals surface area contributed by atoms with Crippen LogP contribution in [0.3, 0.4) is 0 Å². The summed E-state index contributed by atoms with van der Waals surface area (Å²) in [5.41, 5.74) is 4.46. The van der Waals surface area contributed by atoms with E-state index in [1.54, 1.807) is 13.1 Å². The molecule has 0 unspecified atom stereocenters. The number of aromatic nitrogens is 1. The molecule has 0 saturated carbocycles. The van der Waals surface area contributed by atoms with E-state index in [9.17, 15) is 5.11 Å². The minimum Gasteiger partial charge on any atom is -0.389 e. The maximum Gasteiger partial charge on any atom is 0.132 e. The largest absolute Gasteiger partial charge is 0.389 e. The van der Waals surface area contributed by atoms with Gasteiger partial charge >= 0.3 is 0 Å². The average Bonchev–Trinajstić information content (AvgIpc) is 2.38. The third-order valence-electron chi connectivity index (χ3n) is 3.31. The van der Waals surface area contributed by atoms with Gasteiger partial charge in [-0.15, -0.1) is 0 Å². The molecule has 0 aliphatic heterocycles. The lowest BCUT2D eigenvalue weighted by atomic mass is 10.1. The van der Waals surface area contributed by atoms with Gasteiger partial charge in [0.15, 0.2) is 0 Å². The van der Waals surface area contributed by atoms with Crippen molar-refractivity contribution in [1.82, 2.24) is 4.98 Å². The van der Waals surface area contributed by atoms with Gasteiger partial charge in [-0.3, -0.25) is 0 Å².